The van der Waals surface area contributed by atoms with Gasteiger partial charge in [0.1, 0.15) is 24.4 Å². The Labute approximate surface area is 194 Å². The second-order valence-electron chi connectivity index (χ2n) is 9.87. The maximum absolute atomic E-state index is 10.7. The highest BCUT2D eigenvalue weighted by Gasteiger charge is 2.58. The average molecular weight is 477 g/mol. The molecule has 3 fully saturated rings. The molecule has 0 bridgehead atoms. The second-order valence-corrected chi connectivity index (χ2v) is 9.87. The normalized spacial score (nSPS) is 46.2. The van der Waals surface area contributed by atoms with E-state index in [0.29, 0.717) is 12.8 Å². The zero-order valence-electron chi connectivity index (χ0n) is 19.6. The number of hydrogen-bond donors (Lipinski definition) is 6. The van der Waals surface area contributed by atoms with Crippen LogP contribution in [0.25, 0.3) is 0 Å². The molecule has 10 heteroatoms. The van der Waals surface area contributed by atoms with Crippen LogP contribution in [0.15, 0.2) is 12.2 Å². The van der Waals surface area contributed by atoms with E-state index in [2.05, 4.69) is 6.58 Å². The summed E-state index contributed by atoms with van der Waals surface area (Å²) in [7, 11) is 3.15. The fourth-order valence-corrected chi connectivity index (χ4v) is 6.17. The molecule has 0 unspecified atom stereocenters. The maximum atomic E-state index is 10.7. The fraction of sp³-hybridized carbons (Fsp3) is 0.913. The molecule has 192 valence electrons. The summed E-state index contributed by atoms with van der Waals surface area (Å²) >= 11 is 0. The van der Waals surface area contributed by atoms with E-state index in [1.54, 1.807) is 14.2 Å². The van der Waals surface area contributed by atoms with Crippen molar-refractivity contribution in [2.45, 2.75) is 81.8 Å². The summed E-state index contributed by atoms with van der Waals surface area (Å²) in [6.07, 6.45) is -6.15. The molecule has 0 amide bonds. The van der Waals surface area contributed by atoms with Gasteiger partial charge in [0.25, 0.3) is 0 Å². The molecule has 0 aromatic carbocycles. The van der Waals surface area contributed by atoms with E-state index in [1.807, 2.05) is 6.92 Å². The summed E-state index contributed by atoms with van der Waals surface area (Å²) in [6, 6.07) is 0. The Hall–Kier alpha value is -0.660. The van der Waals surface area contributed by atoms with E-state index >= 15 is 0 Å². The quantitative estimate of drug-likeness (QED) is 0.192. The van der Waals surface area contributed by atoms with Crippen molar-refractivity contribution in [3.05, 3.63) is 12.2 Å². The van der Waals surface area contributed by atoms with Crippen LogP contribution < -0.4 is 0 Å². The van der Waals surface area contributed by atoms with Gasteiger partial charge in [-0.05, 0) is 48.5 Å². The number of methoxy groups -OCH3 is 2. The van der Waals surface area contributed by atoms with Gasteiger partial charge in [-0.15, -0.1) is 0 Å². The van der Waals surface area contributed by atoms with Crippen molar-refractivity contribution in [3.63, 3.8) is 0 Å². The predicted octanol–water partition coefficient (Wildman–Crippen LogP) is -0.858. The van der Waals surface area contributed by atoms with Crippen LogP contribution in [0.1, 0.15) is 32.6 Å². The van der Waals surface area contributed by atoms with Crippen molar-refractivity contribution in [1.29, 1.82) is 0 Å². The van der Waals surface area contributed by atoms with Crippen LogP contribution in [0.2, 0.25) is 0 Å². The summed E-state index contributed by atoms with van der Waals surface area (Å²) in [5.41, 5.74) is 0.466. The Kier molecular flexibility index (Phi) is 8.93. The van der Waals surface area contributed by atoms with E-state index in [9.17, 15) is 30.6 Å². The molecule has 2 saturated carbocycles. The van der Waals surface area contributed by atoms with Crippen LogP contribution >= 0.6 is 0 Å². The largest absolute Gasteiger partial charge is 0.394 e. The average Bonchev–Trinajstić information content (AvgIpc) is 3.26. The van der Waals surface area contributed by atoms with Gasteiger partial charge in [0.05, 0.1) is 25.4 Å². The molecule has 1 saturated heterocycles. The van der Waals surface area contributed by atoms with E-state index in [-0.39, 0.29) is 29.8 Å². The molecule has 1 aliphatic heterocycles. The monoisotopic (exact) mass is 476 g/mol. The molecule has 33 heavy (non-hydrogen) atoms. The van der Waals surface area contributed by atoms with Gasteiger partial charge in [-0.2, -0.15) is 0 Å². The lowest BCUT2D eigenvalue weighted by Gasteiger charge is -2.52. The summed E-state index contributed by atoms with van der Waals surface area (Å²) < 4.78 is 22.2. The Balaban J connectivity index is 1.67. The van der Waals surface area contributed by atoms with Crippen LogP contribution in [0.5, 0.6) is 0 Å². The highest BCUT2D eigenvalue weighted by molar-refractivity contribution is 5.12. The highest BCUT2D eigenvalue weighted by atomic mass is 16.7. The molecule has 0 radical (unpaired) electrons. The van der Waals surface area contributed by atoms with E-state index in [1.165, 1.54) is 0 Å². The van der Waals surface area contributed by atoms with Gasteiger partial charge < -0.3 is 49.6 Å². The lowest BCUT2D eigenvalue weighted by atomic mass is 9.57. The summed E-state index contributed by atoms with van der Waals surface area (Å²) in [5, 5.41) is 60.5. The van der Waals surface area contributed by atoms with Gasteiger partial charge in [0.2, 0.25) is 0 Å². The summed E-state index contributed by atoms with van der Waals surface area (Å²) in [4.78, 5) is 0. The van der Waals surface area contributed by atoms with Crippen molar-refractivity contribution in [2.75, 3.05) is 27.4 Å². The van der Waals surface area contributed by atoms with Crippen LogP contribution in [0, 0.1) is 23.2 Å². The topological polar surface area (TPSA) is 158 Å². The highest BCUT2D eigenvalue weighted by Crippen LogP contribution is 2.59. The Morgan fingerprint density at radius 1 is 1.06 bits per heavy atom. The third-order valence-electron chi connectivity index (χ3n) is 8.28. The van der Waals surface area contributed by atoms with E-state index < -0.39 is 55.8 Å². The standard InChI is InChI=1S/C23H40O10/c1-11(10-32-22-20(29)19(28)18(27)16(9-24)33-22)13-5-6-23(8-13)12(2)17(26)15(25)7-14(23)21(30-3)31-4/h12-22,24-29H,1,5-10H2,2-4H3/t12-,13-,14+,15-,16-,17-,18-,19+,20-,22-,23-/m1/s1. The lowest BCUT2D eigenvalue weighted by Crippen LogP contribution is -2.59. The van der Waals surface area contributed by atoms with Gasteiger partial charge >= 0.3 is 0 Å². The van der Waals surface area contributed by atoms with Gasteiger partial charge in [-0.25, -0.2) is 0 Å². The molecule has 2 aliphatic carbocycles. The van der Waals surface area contributed by atoms with Crippen LogP contribution in [-0.4, -0.2) is 107 Å². The minimum atomic E-state index is -1.50. The van der Waals surface area contributed by atoms with Crippen LogP contribution in [0.3, 0.4) is 0 Å². The third kappa shape index (κ3) is 5.02. The first-order valence-corrected chi connectivity index (χ1v) is 11.6. The first kappa shape index (κ1) is 26.9. The second kappa shape index (κ2) is 10.9. The number of hydrogen-bond acceptors (Lipinski definition) is 10. The molecular formula is C23H40O10. The minimum absolute atomic E-state index is 0.0612. The predicted molar refractivity (Wildman–Crippen MR) is 116 cm³/mol. The number of ether oxygens (including phenoxy) is 4. The number of aliphatic hydroxyl groups is 6. The van der Waals surface area contributed by atoms with Crippen molar-refractivity contribution in [1.82, 2.24) is 0 Å². The Bertz CT molecular complexity index is 655. The number of aliphatic hydroxyl groups excluding tert-OH is 6. The zero-order valence-corrected chi connectivity index (χ0v) is 19.6. The van der Waals surface area contributed by atoms with Crippen molar-refractivity contribution in [3.8, 4) is 0 Å². The Morgan fingerprint density at radius 3 is 2.33 bits per heavy atom. The first-order chi connectivity index (χ1) is 15.6. The molecule has 0 aromatic rings. The molecule has 10 nitrogen and oxygen atoms in total. The molecule has 1 heterocycles. The van der Waals surface area contributed by atoms with E-state index in [4.69, 9.17) is 18.9 Å². The molecular weight excluding hydrogens is 436 g/mol. The van der Waals surface area contributed by atoms with Crippen molar-refractivity contribution >= 4 is 0 Å². The van der Waals surface area contributed by atoms with Crippen LogP contribution in [-0.2, 0) is 18.9 Å². The van der Waals surface area contributed by atoms with Gasteiger partial charge in [0, 0.05) is 20.1 Å². The first-order valence-electron chi connectivity index (χ1n) is 11.6. The SMILES string of the molecule is C=C(CO[C@@H]1O[C@H](CO)[C@@H](O)[C@H](O)[C@H]1O)[C@@H]1CC[C@@]2(C1)[C@H](C)[C@@H](O)[C@H](O)C[C@H]2C(OC)OC. The molecule has 1 spiro atoms. The smallest absolute Gasteiger partial charge is 0.187 e. The Morgan fingerprint density at radius 2 is 1.73 bits per heavy atom. The van der Waals surface area contributed by atoms with Crippen molar-refractivity contribution < 1.29 is 49.6 Å². The van der Waals surface area contributed by atoms with Gasteiger partial charge in [0.15, 0.2) is 12.6 Å². The van der Waals surface area contributed by atoms with Crippen LogP contribution in [0.4, 0.5) is 0 Å². The molecule has 3 rings (SSSR count). The molecule has 6 N–H and O–H groups in total. The van der Waals surface area contributed by atoms with Crippen molar-refractivity contribution in [2.24, 2.45) is 23.2 Å². The summed E-state index contributed by atoms with van der Waals surface area (Å²) in [6.45, 7) is 5.66. The molecule has 3 aliphatic rings. The molecule has 11 atom stereocenters. The van der Waals surface area contributed by atoms with Gasteiger partial charge in [-0.3, -0.25) is 0 Å². The lowest BCUT2D eigenvalue weighted by molar-refractivity contribution is -0.299. The summed E-state index contributed by atoms with van der Waals surface area (Å²) in [5.74, 6) is -0.218. The fourth-order valence-electron chi connectivity index (χ4n) is 6.17. The maximum Gasteiger partial charge on any atom is 0.187 e. The third-order valence-corrected chi connectivity index (χ3v) is 8.28. The molecule has 0 aromatic heterocycles. The van der Waals surface area contributed by atoms with E-state index in [0.717, 1.165) is 18.4 Å². The van der Waals surface area contributed by atoms with Gasteiger partial charge in [-0.1, -0.05) is 13.5 Å². The zero-order chi connectivity index (χ0) is 24.5. The number of rotatable bonds is 8. The minimum Gasteiger partial charge on any atom is -0.394 e.